The van der Waals surface area contributed by atoms with Crippen LogP contribution in [0.15, 0.2) is 28.7 Å². The van der Waals surface area contributed by atoms with Gasteiger partial charge in [-0.15, -0.1) is 0 Å². The van der Waals surface area contributed by atoms with Gasteiger partial charge in [0.05, 0.1) is 5.69 Å². The molecule has 0 bridgehead atoms. The predicted molar refractivity (Wildman–Crippen MR) is 61.5 cm³/mol. The molecule has 17 heavy (non-hydrogen) atoms. The predicted octanol–water partition coefficient (Wildman–Crippen LogP) is 4.17. The standard InChI is InChI=1S/C11H8BrF3N2/c1-6-9(7-4-2-3-5-8(7)12)17-10(16-6)11(13,14)15/h2-5H,1H3,(H,16,17). The maximum atomic E-state index is 12.5. The molecule has 0 spiro atoms. The topological polar surface area (TPSA) is 28.7 Å². The number of rotatable bonds is 1. The summed E-state index contributed by atoms with van der Waals surface area (Å²) in [7, 11) is 0. The van der Waals surface area contributed by atoms with E-state index in [9.17, 15) is 13.2 Å². The molecule has 0 aliphatic carbocycles. The van der Waals surface area contributed by atoms with Crippen LogP contribution in [0.1, 0.15) is 11.5 Å². The van der Waals surface area contributed by atoms with Gasteiger partial charge in [0.25, 0.3) is 0 Å². The third kappa shape index (κ3) is 2.36. The highest BCUT2D eigenvalue weighted by atomic mass is 79.9. The summed E-state index contributed by atoms with van der Waals surface area (Å²) in [4.78, 5) is 5.85. The van der Waals surface area contributed by atoms with Crippen LogP contribution in [-0.2, 0) is 6.18 Å². The van der Waals surface area contributed by atoms with Gasteiger partial charge in [-0.3, -0.25) is 0 Å². The van der Waals surface area contributed by atoms with Gasteiger partial charge in [0, 0.05) is 15.7 Å². The van der Waals surface area contributed by atoms with Gasteiger partial charge in [-0.05, 0) is 13.0 Å². The fourth-order valence-electron chi connectivity index (χ4n) is 1.51. The number of hydrogen-bond acceptors (Lipinski definition) is 1. The van der Waals surface area contributed by atoms with Crippen LogP contribution in [0.5, 0.6) is 0 Å². The van der Waals surface area contributed by atoms with Crippen LogP contribution in [0.3, 0.4) is 0 Å². The highest BCUT2D eigenvalue weighted by molar-refractivity contribution is 9.10. The Bertz CT molecular complexity index is 546. The van der Waals surface area contributed by atoms with Gasteiger partial charge in [-0.2, -0.15) is 13.2 Å². The van der Waals surface area contributed by atoms with Gasteiger partial charge >= 0.3 is 6.18 Å². The maximum Gasteiger partial charge on any atom is 0.449 e. The maximum absolute atomic E-state index is 12.5. The minimum absolute atomic E-state index is 0.310. The Morgan fingerprint density at radius 3 is 2.41 bits per heavy atom. The lowest BCUT2D eigenvalue weighted by molar-refractivity contribution is -0.144. The van der Waals surface area contributed by atoms with E-state index in [1.807, 2.05) is 0 Å². The molecule has 1 aromatic heterocycles. The Labute approximate surface area is 104 Å². The molecule has 0 fully saturated rings. The number of nitrogens with one attached hydrogen (secondary N) is 1. The molecule has 0 saturated heterocycles. The van der Waals surface area contributed by atoms with Crippen molar-refractivity contribution in [3.63, 3.8) is 0 Å². The number of aromatic amines is 1. The first-order valence-electron chi connectivity index (χ1n) is 4.78. The Hall–Kier alpha value is -1.30. The number of H-pyrrole nitrogens is 1. The molecule has 0 radical (unpaired) electrons. The zero-order chi connectivity index (χ0) is 12.6. The highest BCUT2D eigenvalue weighted by Gasteiger charge is 2.35. The van der Waals surface area contributed by atoms with Gasteiger partial charge in [0.15, 0.2) is 0 Å². The van der Waals surface area contributed by atoms with Crippen molar-refractivity contribution in [2.45, 2.75) is 13.1 Å². The summed E-state index contributed by atoms with van der Waals surface area (Å²) in [6.45, 7) is 1.57. The molecule has 0 atom stereocenters. The van der Waals surface area contributed by atoms with Crippen molar-refractivity contribution >= 4 is 15.9 Å². The summed E-state index contributed by atoms with van der Waals surface area (Å²) >= 11 is 3.29. The second-order valence-electron chi connectivity index (χ2n) is 3.54. The number of nitrogens with zero attached hydrogens (tertiary/aromatic N) is 1. The molecule has 90 valence electrons. The number of benzene rings is 1. The second-order valence-corrected chi connectivity index (χ2v) is 4.39. The summed E-state index contributed by atoms with van der Waals surface area (Å²) in [6.07, 6.45) is -4.45. The van der Waals surface area contributed by atoms with Crippen LogP contribution in [-0.4, -0.2) is 9.97 Å². The average molecular weight is 305 g/mol. The molecular weight excluding hydrogens is 297 g/mol. The number of aryl methyl sites for hydroxylation is 1. The molecule has 1 heterocycles. The Morgan fingerprint density at radius 1 is 1.24 bits per heavy atom. The van der Waals surface area contributed by atoms with E-state index in [0.717, 1.165) is 0 Å². The molecule has 1 N–H and O–H groups in total. The van der Waals surface area contributed by atoms with Crippen molar-refractivity contribution in [3.8, 4) is 11.3 Å². The van der Waals surface area contributed by atoms with Crippen LogP contribution in [0.2, 0.25) is 0 Å². The van der Waals surface area contributed by atoms with Crippen LogP contribution in [0.4, 0.5) is 13.2 Å². The van der Waals surface area contributed by atoms with E-state index in [4.69, 9.17) is 0 Å². The van der Waals surface area contributed by atoms with Gasteiger partial charge in [0.1, 0.15) is 0 Å². The minimum atomic E-state index is -4.45. The smallest absolute Gasteiger partial charge is 0.338 e. The van der Waals surface area contributed by atoms with E-state index < -0.39 is 12.0 Å². The first kappa shape index (κ1) is 12.2. The zero-order valence-corrected chi connectivity index (χ0v) is 10.4. The third-order valence-corrected chi connectivity index (χ3v) is 2.97. The molecule has 2 nitrogen and oxygen atoms in total. The van der Waals surface area contributed by atoms with Gasteiger partial charge in [0.2, 0.25) is 5.82 Å². The fourth-order valence-corrected chi connectivity index (χ4v) is 1.98. The number of aromatic nitrogens is 2. The van der Waals surface area contributed by atoms with Crippen molar-refractivity contribution in [2.24, 2.45) is 0 Å². The second kappa shape index (κ2) is 4.18. The molecule has 1 aromatic carbocycles. The lowest BCUT2D eigenvalue weighted by atomic mass is 10.1. The van der Waals surface area contributed by atoms with E-state index in [1.54, 1.807) is 31.2 Å². The monoisotopic (exact) mass is 304 g/mol. The number of imidazole rings is 1. The van der Waals surface area contributed by atoms with Crippen molar-refractivity contribution in [1.29, 1.82) is 0 Å². The normalized spacial score (nSPS) is 11.8. The van der Waals surface area contributed by atoms with Crippen LogP contribution < -0.4 is 0 Å². The van der Waals surface area contributed by atoms with Crippen LogP contribution in [0.25, 0.3) is 11.3 Å². The Balaban J connectivity index is 2.55. The number of alkyl halides is 3. The first-order chi connectivity index (χ1) is 7.89. The first-order valence-corrected chi connectivity index (χ1v) is 5.57. The number of hydrogen-bond donors (Lipinski definition) is 1. The molecule has 0 saturated carbocycles. The minimum Gasteiger partial charge on any atom is -0.338 e. The molecule has 2 rings (SSSR count). The molecule has 0 amide bonds. The summed E-state index contributed by atoms with van der Waals surface area (Å²) < 4.78 is 38.2. The summed E-state index contributed by atoms with van der Waals surface area (Å²) in [5, 5.41) is 0. The molecule has 0 aliphatic rings. The molecule has 2 aromatic rings. The van der Waals surface area contributed by atoms with Gasteiger partial charge in [-0.1, -0.05) is 34.1 Å². The van der Waals surface area contributed by atoms with Crippen molar-refractivity contribution < 1.29 is 13.2 Å². The van der Waals surface area contributed by atoms with Gasteiger partial charge in [-0.25, -0.2) is 4.98 Å². The van der Waals surface area contributed by atoms with Crippen LogP contribution >= 0.6 is 15.9 Å². The van der Waals surface area contributed by atoms with E-state index in [0.29, 0.717) is 21.4 Å². The quantitative estimate of drug-likeness (QED) is 0.842. The lowest BCUT2D eigenvalue weighted by Gasteiger charge is -2.01. The Morgan fingerprint density at radius 2 is 1.88 bits per heavy atom. The van der Waals surface area contributed by atoms with E-state index >= 15 is 0 Å². The third-order valence-electron chi connectivity index (χ3n) is 2.28. The lowest BCUT2D eigenvalue weighted by Crippen LogP contribution is -2.07. The molecule has 0 aliphatic heterocycles. The van der Waals surface area contributed by atoms with Crippen molar-refractivity contribution in [1.82, 2.24) is 9.97 Å². The van der Waals surface area contributed by atoms with Crippen molar-refractivity contribution in [3.05, 3.63) is 40.3 Å². The molecule has 0 unspecified atom stereocenters. The molecular formula is C11H8BrF3N2. The number of halogens is 4. The van der Waals surface area contributed by atoms with Crippen molar-refractivity contribution in [2.75, 3.05) is 0 Å². The summed E-state index contributed by atoms with van der Waals surface area (Å²) in [6, 6.07) is 7.02. The van der Waals surface area contributed by atoms with Gasteiger partial charge < -0.3 is 4.98 Å². The van der Waals surface area contributed by atoms with Crippen LogP contribution in [0, 0.1) is 6.92 Å². The van der Waals surface area contributed by atoms with E-state index in [-0.39, 0.29) is 0 Å². The summed E-state index contributed by atoms with van der Waals surface area (Å²) in [5.41, 5.74) is 1.34. The molecule has 6 heteroatoms. The average Bonchev–Trinajstić information content (AvgIpc) is 2.61. The zero-order valence-electron chi connectivity index (χ0n) is 8.77. The largest absolute Gasteiger partial charge is 0.449 e. The fraction of sp³-hybridized carbons (Fsp3) is 0.182. The SMILES string of the molecule is Cc1[nH]c(C(F)(F)F)nc1-c1ccccc1Br. The summed E-state index contributed by atoms with van der Waals surface area (Å²) in [5.74, 6) is -0.972. The van der Waals surface area contributed by atoms with E-state index in [1.165, 1.54) is 0 Å². The van der Waals surface area contributed by atoms with E-state index in [2.05, 4.69) is 25.9 Å². The Kier molecular flexibility index (Phi) is 2.99. The highest BCUT2D eigenvalue weighted by Crippen LogP contribution is 2.33.